The third kappa shape index (κ3) is 2.60. The Morgan fingerprint density at radius 1 is 1.38 bits per heavy atom. The van der Waals surface area contributed by atoms with Crippen LogP contribution in [0.15, 0.2) is 18.2 Å². The summed E-state index contributed by atoms with van der Waals surface area (Å²) in [6.45, 7) is 3.73. The Morgan fingerprint density at radius 3 is 2.62 bits per heavy atom. The summed E-state index contributed by atoms with van der Waals surface area (Å²) in [7, 11) is 0. The van der Waals surface area contributed by atoms with Gasteiger partial charge >= 0.3 is 11.7 Å². The second kappa shape index (κ2) is 5.70. The molecule has 0 fully saturated rings. The molecule has 0 atom stereocenters. The van der Waals surface area contributed by atoms with Gasteiger partial charge in [0.15, 0.2) is 5.82 Å². The summed E-state index contributed by atoms with van der Waals surface area (Å²) < 4.78 is 1.35. The van der Waals surface area contributed by atoms with Crippen LogP contribution in [0.25, 0.3) is 5.69 Å². The first-order valence-electron chi connectivity index (χ1n) is 6.45. The molecule has 2 aromatic rings. The summed E-state index contributed by atoms with van der Waals surface area (Å²) in [5.41, 5.74) is -0.732. The first kappa shape index (κ1) is 14.6. The summed E-state index contributed by atoms with van der Waals surface area (Å²) in [6.07, 6.45) is 1.12. The molecule has 0 amide bonds. The molecule has 1 heterocycles. The molecule has 0 aliphatic heterocycles. The molecule has 0 radical (unpaired) electrons. The Morgan fingerprint density at radius 2 is 2.10 bits per heavy atom. The Bertz CT molecular complexity index is 708. The first-order valence-corrected chi connectivity index (χ1v) is 6.45. The number of hydrogen-bond donors (Lipinski definition) is 1. The van der Waals surface area contributed by atoms with Crippen molar-refractivity contribution in [3.05, 3.63) is 45.5 Å². The van der Waals surface area contributed by atoms with Gasteiger partial charge in [0, 0.05) is 12.8 Å². The number of aromatic nitrogens is 3. The van der Waals surface area contributed by atoms with Crippen LogP contribution in [0.1, 0.15) is 35.9 Å². The average Bonchev–Trinajstić information content (AvgIpc) is 2.89. The van der Waals surface area contributed by atoms with Gasteiger partial charge in [-0.1, -0.05) is 19.9 Å². The van der Waals surface area contributed by atoms with E-state index in [-0.39, 0.29) is 11.3 Å². The molecule has 0 unspecified atom stereocenters. The van der Waals surface area contributed by atoms with Crippen LogP contribution in [0.4, 0.5) is 5.69 Å². The van der Waals surface area contributed by atoms with E-state index >= 15 is 0 Å². The van der Waals surface area contributed by atoms with Crippen LogP contribution >= 0.6 is 0 Å². The second-order valence-corrected chi connectivity index (χ2v) is 4.30. The van der Waals surface area contributed by atoms with Gasteiger partial charge < -0.3 is 5.11 Å². The predicted octanol–water partition coefficient (Wildman–Crippen LogP) is 2.00. The third-order valence-electron chi connectivity index (χ3n) is 3.01. The lowest BCUT2D eigenvalue weighted by molar-refractivity contribution is -0.385. The molecule has 0 aliphatic carbocycles. The lowest BCUT2D eigenvalue weighted by Gasteiger charge is -2.07. The normalized spacial score (nSPS) is 10.6. The summed E-state index contributed by atoms with van der Waals surface area (Å²) >= 11 is 0. The molecule has 8 nitrogen and oxygen atoms in total. The number of nitrogens with zero attached hydrogens (tertiary/aromatic N) is 4. The number of para-hydroxylation sites is 1. The SMILES string of the molecule is CCc1nc(CC)n(-c2cccc(C(=O)O)c2[N+](=O)[O-])n1. The minimum Gasteiger partial charge on any atom is -0.477 e. The summed E-state index contributed by atoms with van der Waals surface area (Å²) in [6, 6.07) is 4.13. The highest BCUT2D eigenvalue weighted by Gasteiger charge is 2.27. The number of carboxylic acids is 1. The largest absolute Gasteiger partial charge is 0.477 e. The molecule has 0 spiro atoms. The molecule has 0 saturated heterocycles. The van der Waals surface area contributed by atoms with E-state index in [2.05, 4.69) is 10.1 Å². The van der Waals surface area contributed by atoms with Crippen LogP contribution in [0.5, 0.6) is 0 Å². The van der Waals surface area contributed by atoms with Gasteiger partial charge in [-0.15, -0.1) is 0 Å². The lowest BCUT2D eigenvalue weighted by atomic mass is 10.1. The molecule has 0 saturated carbocycles. The van der Waals surface area contributed by atoms with E-state index in [1.54, 1.807) is 0 Å². The van der Waals surface area contributed by atoms with Gasteiger partial charge in [0.1, 0.15) is 17.1 Å². The Hall–Kier alpha value is -2.77. The zero-order chi connectivity index (χ0) is 15.6. The van der Waals surface area contributed by atoms with Crippen LogP contribution in [-0.4, -0.2) is 30.8 Å². The Labute approximate surface area is 120 Å². The maximum atomic E-state index is 11.3. The van der Waals surface area contributed by atoms with Crippen molar-refractivity contribution < 1.29 is 14.8 Å². The quantitative estimate of drug-likeness (QED) is 0.666. The second-order valence-electron chi connectivity index (χ2n) is 4.30. The highest BCUT2D eigenvalue weighted by molar-refractivity contribution is 5.94. The number of aromatic carboxylic acids is 1. The fraction of sp³-hybridized carbons (Fsp3) is 0.308. The molecule has 21 heavy (non-hydrogen) atoms. The van der Waals surface area contributed by atoms with E-state index in [1.165, 1.54) is 22.9 Å². The maximum Gasteiger partial charge on any atom is 0.342 e. The van der Waals surface area contributed by atoms with Gasteiger partial charge in [-0.05, 0) is 12.1 Å². The highest BCUT2D eigenvalue weighted by Crippen LogP contribution is 2.28. The fourth-order valence-corrected chi connectivity index (χ4v) is 2.03. The number of nitro benzene ring substituents is 1. The van der Waals surface area contributed by atoms with E-state index < -0.39 is 16.6 Å². The van der Waals surface area contributed by atoms with Crippen LogP contribution < -0.4 is 0 Å². The van der Waals surface area contributed by atoms with Gasteiger partial charge in [0.2, 0.25) is 0 Å². The van der Waals surface area contributed by atoms with Crippen molar-refractivity contribution in [3.63, 3.8) is 0 Å². The number of aryl methyl sites for hydroxylation is 2. The molecular weight excluding hydrogens is 276 g/mol. The van der Waals surface area contributed by atoms with E-state index in [1.807, 2.05) is 13.8 Å². The van der Waals surface area contributed by atoms with Crippen molar-refractivity contribution in [1.82, 2.24) is 14.8 Å². The van der Waals surface area contributed by atoms with Crippen molar-refractivity contribution in [3.8, 4) is 5.69 Å². The van der Waals surface area contributed by atoms with Crippen molar-refractivity contribution in [2.45, 2.75) is 26.7 Å². The van der Waals surface area contributed by atoms with E-state index in [9.17, 15) is 14.9 Å². The van der Waals surface area contributed by atoms with Crippen molar-refractivity contribution in [2.75, 3.05) is 0 Å². The molecule has 1 aromatic carbocycles. The number of carboxylic acid groups (broad SMARTS) is 1. The van der Waals surface area contributed by atoms with Crippen LogP contribution in [0, 0.1) is 10.1 Å². The maximum absolute atomic E-state index is 11.3. The smallest absolute Gasteiger partial charge is 0.342 e. The van der Waals surface area contributed by atoms with Gasteiger partial charge in [-0.2, -0.15) is 5.10 Å². The lowest BCUT2D eigenvalue weighted by Crippen LogP contribution is -2.10. The number of hydrogen-bond acceptors (Lipinski definition) is 5. The van der Waals surface area contributed by atoms with Crippen LogP contribution in [0.2, 0.25) is 0 Å². The monoisotopic (exact) mass is 290 g/mol. The zero-order valence-electron chi connectivity index (χ0n) is 11.6. The topological polar surface area (TPSA) is 111 Å². The number of benzene rings is 1. The average molecular weight is 290 g/mol. The molecule has 110 valence electrons. The van der Waals surface area contributed by atoms with Crippen LogP contribution in [-0.2, 0) is 12.8 Å². The van der Waals surface area contributed by atoms with Gasteiger partial charge in [0.05, 0.1) is 4.92 Å². The Kier molecular flexibility index (Phi) is 3.97. The van der Waals surface area contributed by atoms with Gasteiger partial charge in [0.25, 0.3) is 0 Å². The molecule has 8 heteroatoms. The standard InChI is InChI=1S/C13H14N4O4/c1-3-10-14-11(4-2)16(15-10)9-7-5-6-8(13(18)19)12(9)17(20)21/h5-7H,3-4H2,1-2H3,(H,18,19). The number of carbonyl (C=O) groups is 1. The molecule has 2 rings (SSSR count). The van der Waals surface area contributed by atoms with Gasteiger partial charge in [-0.3, -0.25) is 10.1 Å². The third-order valence-corrected chi connectivity index (χ3v) is 3.01. The van der Waals surface area contributed by atoms with Crippen molar-refractivity contribution in [2.24, 2.45) is 0 Å². The minimum atomic E-state index is -1.35. The zero-order valence-corrected chi connectivity index (χ0v) is 11.6. The predicted molar refractivity (Wildman–Crippen MR) is 73.7 cm³/mol. The Balaban J connectivity index is 2.74. The number of rotatable bonds is 5. The summed E-state index contributed by atoms with van der Waals surface area (Å²) in [5, 5.41) is 24.6. The molecule has 0 bridgehead atoms. The first-order chi connectivity index (χ1) is 9.99. The summed E-state index contributed by atoms with van der Waals surface area (Å²) in [5.74, 6) is -0.239. The fourth-order valence-electron chi connectivity index (χ4n) is 2.03. The van der Waals surface area contributed by atoms with Crippen LogP contribution in [0.3, 0.4) is 0 Å². The van der Waals surface area contributed by atoms with E-state index in [4.69, 9.17) is 5.11 Å². The summed E-state index contributed by atoms with van der Waals surface area (Å²) in [4.78, 5) is 26.0. The van der Waals surface area contributed by atoms with Crippen molar-refractivity contribution >= 4 is 11.7 Å². The van der Waals surface area contributed by atoms with E-state index in [0.29, 0.717) is 24.5 Å². The number of nitro groups is 1. The molecule has 1 aromatic heterocycles. The highest BCUT2D eigenvalue weighted by atomic mass is 16.6. The minimum absolute atomic E-state index is 0.115. The van der Waals surface area contributed by atoms with Gasteiger partial charge in [-0.25, -0.2) is 14.5 Å². The van der Waals surface area contributed by atoms with E-state index in [0.717, 1.165) is 0 Å². The molecular formula is C13H14N4O4. The van der Waals surface area contributed by atoms with Crippen molar-refractivity contribution in [1.29, 1.82) is 0 Å². The molecule has 0 aliphatic rings. The molecule has 1 N–H and O–H groups in total.